The number of rotatable bonds is 5. The van der Waals surface area contributed by atoms with E-state index in [-0.39, 0.29) is 0 Å². The maximum Gasteiger partial charge on any atom is 0.344 e. The van der Waals surface area contributed by atoms with Crippen LogP contribution < -0.4 is 4.74 Å². The summed E-state index contributed by atoms with van der Waals surface area (Å²) in [6.07, 6.45) is -1.17. The molecule has 0 fully saturated rings. The van der Waals surface area contributed by atoms with Crippen molar-refractivity contribution < 1.29 is 19.7 Å². The zero-order valence-corrected chi connectivity index (χ0v) is 9.38. The molecule has 1 rings (SSSR count). The minimum atomic E-state index is -0.997. The lowest BCUT2D eigenvalue weighted by Gasteiger charge is -2.17. The monoisotopic (exact) mass is 224 g/mol. The molecule has 0 aliphatic heterocycles. The minimum Gasteiger partial charge on any atom is -0.479 e. The molecule has 4 heteroatoms. The van der Waals surface area contributed by atoms with E-state index < -0.39 is 18.2 Å². The predicted molar refractivity (Wildman–Crippen MR) is 59.4 cm³/mol. The highest BCUT2D eigenvalue weighted by atomic mass is 16.5. The van der Waals surface area contributed by atoms with E-state index in [0.29, 0.717) is 17.7 Å². The van der Waals surface area contributed by atoms with Crippen LogP contribution >= 0.6 is 0 Å². The second-order valence-electron chi connectivity index (χ2n) is 3.57. The smallest absolute Gasteiger partial charge is 0.344 e. The predicted octanol–water partition coefficient (Wildman–Crippen LogP) is 1.98. The van der Waals surface area contributed by atoms with E-state index in [1.165, 1.54) is 0 Å². The first-order valence-corrected chi connectivity index (χ1v) is 5.22. The highest BCUT2D eigenvalue weighted by Gasteiger charge is 2.19. The molecule has 1 aromatic rings. The van der Waals surface area contributed by atoms with Gasteiger partial charge in [0.15, 0.2) is 6.10 Å². The van der Waals surface area contributed by atoms with Gasteiger partial charge in [-0.1, -0.05) is 25.1 Å². The van der Waals surface area contributed by atoms with Crippen molar-refractivity contribution >= 4 is 5.97 Å². The lowest BCUT2D eigenvalue weighted by molar-refractivity contribution is -0.145. The molecule has 0 aliphatic carbocycles. The molecule has 0 saturated heterocycles. The summed E-state index contributed by atoms with van der Waals surface area (Å²) in [4.78, 5) is 10.8. The summed E-state index contributed by atoms with van der Waals surface area (Å²) < 4.78 is 5.36. The van der Waals surface area contributed by atoms with Gasteiger partial charge in [-0.3, -0.25) is 0 Å². The molecule has 1 unspecified atom stereocenters. The number of aliphatic carboxylic acids is 1. The van der Waals surface area contributed by atoms with Gasteiger partial charge >= 0.3 is 5.97 Å². The molecule has 0 saturated carbocycles. The van der Waals surface area contributed by atoms with Gasteiger partial charge in [-0.05, 0) is 19.4 Å². The van der Waals surface area contributed by atoms with Crippen molar-refractivity contribution in [1.82, 2.24) is 0 Å². The number of carbonyl (C=O) groups is 1. The van der Waals surface area contributed by atoms with E-state index in [1.54, 1.807) is 38.1 Å². The number of carboxylic acids is 1. The molecule has 88 valence electrons. The van der Waals surface area contributed by atoms with Crippen molar-refractivity contribution in [3.05, 3.63) is 29.8 Å². The molecule has 2 atom stereocenters. The third-order valence-electron chi connectivity index (χ3n) is 2.28. The van der Waals surface area contributed by atoms with Crippen LogP contribution in [0.5, 0.6) is 5.75 Å². The molecule has 16 heavy (non-hydrogen) atoms. The van der Waals surface area contributed by atoms with Crippen LogP contribution in [0.2, 0.25) is 0 Å². The normalized spacial score (nSPS) is 14.2. The molecule has 0 aliphatic rings. The van der Waals surface area contributed by atoms with Crippen LogP contribution in [-0.4, -0.2) is 22.3 Å². The van der Waals surface area contributed by atoms with Gasteiger partial charge in [0.2, 0.25) is 0 Å². The first-order valence-electron chi connectivity index (χ1n) is 5.22. The molecule has 4 nitrogen and oxygen atoms in total. The summed E-state index contributed by atoms with van der Waals surface area (Å²) >= 11 is 0. The molecule has 2 N–H and O–H groups in total. The molecule has 0 heterocycles. The van der Waals surface area contributed by atoms with Crippen LogP contribution in [0.1, 0.15) is 31.9 Å². The van der Waals surface area contributed by atoms with Crippen molar-refractivity contribution in [3.63, 3.8) is 0 Å². The Morgan fingerprint density at radius 3 is 2.56 bits per heavy atom. The number of carboxylic acid groups (broad SMARTS) is 1. The van der Waals surface area contributed by atoms with Gasteiger partial charge in [-0.15, -0.1) is 0 Å². The molecule has 0 radical (unpaired) electrons. The molecule has 0 aromatic heterocycles. The van der Waals surface area contributed by atoms with E-state index in [4.69, 9.17) is 9.84 Å². The highest BCUT2D eigenvalue weighted by Crippen LogP contribution is 2.25. The molecule has 0 amide bonds. The summed E-state index contributed by atoms with van der Waals surface area (Å²) in [7, 11) is 0. The average molecular weight is 224 g/mol. The van der Waals surface area contributed by atoms with E-state index in [9.17, 15) is 9.90 Å². The lowest BCUT2D eigenvalue weighted by atomic mass is 10.1. The van der Waals surface area contributed by atoms with Crippen molar-refractivity contribution in [1.29, 1.82) is 0 Å². The number of ether oxygens (including phenoxy) is 1. The SMILES string of the molecule is CCC(Oc1ccccc1[C@H](C)O)C(=O)O. The summed E-state index contributed by atoms with van der Waals surface area (Å²) in [5.41, 5.74) is 0.599. The van der Waals surface area contributed by atoms with Crippen molar-refractivity contribution in [3.8, 4) is 5.75 Å². The van der Waals surface area contributed by atoms with Gasteiger partial charge in [0.1, 0.15) is 5.75 Å². The van der Waals surface area contributed by atoms with Crippen molar-refractivity contribution in [2.75, 3.05) is 0 Å². The van der Waals surface area contributed by atoms with E-state index in [2.05, 4.69) is 0 Å². The second-order valence-corrected chi connectivity index (χ2v) is 3.57. The molecular formula is C12H16O4. The highest BCUT2D eigenvalue weighted by molar-refractivity contribution is 5.72. The Morgan fingerprint density at radius 2 is 2.06 bits per heavy atom. The van der Waals surface area contributed by atoms with Crippen LogP contribution in [0.15, 0.2) is 24.3 Å². The van der Waals surface area contributed by atoms with Crippen LogP contribution in [0.4, 0.5) is 0 Å². The molecular weight excluding hydrogens is 208 g/mol. The Hall–Kier alpha value is -1.55. The number of aliphatic hydroxyl groups is 1. The van der Waals surface area contributed by atoms with Gasteiger partial charge in [-0.2, -0.15) is 0 Å². The first-order chi connectivity index (χ1) is 7.56. The number of para-hydroxylation sites is 1. The fraction of sp³-hybridized carbons (Fsp3) is 0.417. The standard InChI is InChI=1S/C12H16O4/c1-3-10(12(14)15)16-11-7-5-4-6-9(11)8(2)13/h4-8,10,13H,3H2,1-2H3,(H,14,15)/t8-,10?/m0/s1. The Morgan fingerprint density at radius 1 is 1.44 bits per heavy atom. The molecule has 1 aromatic carbocycles. The Kier molecular flexibility index (Phi) is 4.31. The summed E-state index contributed by atoms with van der Waals surface area (Å²) in [6, 6.07) is 6.90. The second kappa shape index (κ2) is 5.51. The Balaban J connectivity index is 2.91. The molecule has 0 bridgehead atoms. The van der Waals surface area contributed by atoms with E-state index in [0.717, 1.165) is 0 Å². The summed E-state index contributed by atoms with van der Waals surface area (Å²) in [5.74, 6) is -0.574. The van der Waals surface area contributed by atoms with E-state index >= 15 is 0 Å². The Labute approximate surface area is 94.5 Å². The van der Waals surface area contributed by atoms with E-state index in [1.807, 2.05) is 0 Å². The fourth-order valence-electron chi connectivity index (χ4n) is 1.39. The zero-order valence-electron chi connectivity index (χ0n) is 9.38. The number of benzene rings is 1. The van der Waals surface area contributed by atoms with Gasteiger partial charge in [0, 0.05) is 5.56 Å². The number of hydrogen-bond donors (Lipinski definition) is 2. The maximum atomic E-state index is 10.8. The quantitative estimate of drug-likeness (QED) is 0.802. The topological polar surface area (TPSA) is 66.8 Å². The Bertz CT molecular complexity index is 360. The lowest BCUT2D eigenvalue weighted by Crippen LogP contribution is -2.26. The summed E-state index contributed by atoms with van der Waals surface area (Å²) in [6.45, 7) is 3.35. The third-order valence-corrected chi connectivity index (χ3v) is 2.28. The third kappa shape index (κ3) is 2.97. The van der Waals surface area contributed by atoms with Crippen molar-refractivity contribution in [2.24, 2.45) is 0 Å². The fourth-order valence-corrected chi connectivity index (χ4v) is 1.39. The maximum absolute atomic E-state index is 10.8. The first kappa shape index (κ1) is 12.5. The van der Waals surface area contributed by atoms with Crippen LogP contribution in [0.3, 0.4) is 0 Å². The number of hydrogen-bond acceptors (Lipinski definition) is 3. The van der Waals surface area contributed by atoms with Crippen LogP contribution in [-0.2, 0) is 4.79 Å². The largest absolute Gasteiger partial charge is 0.479 e. The number of aliphatic hydroxyl groups excluding tert-OH is 1. The van der Waals surface area contributed by atoms with Gasteiger partial charge in [-0.25, -0.2) is 4.79 Å². The average Bonchev–Trinajstić information content (AvgIpc) is 2.25. The van der Waals surface area contributed by atoms with Crippen LogP contribution in [0, 0.1) is 0 Å². The summed E-state index contributed by atoms with van der Waals surface area (Å²) in [5, 5.41) is 18.4. The van der Waals surface area contributed by atoms with Crippen molar-refractivity contribution in [2.45, 2.75) is 32.5 Å². The van der Waals surface area contributed by atoms with Crippen LogP contribution in [0.25, 0.3) is 0 Å². The van der Waals surface area contributed by atoms with Gasteiger partial charge < -0.3 is 14.9 Å². The van der Waals surface area contributed by atoms with Gasteiger partial charge in [0.05, 0.1) is 6.10 Å². The van der Waals surface area contributed by atoms with Gasteiger partial charge in [0.25, 0.3) is 0 Å². The minimum absolute atomic E-state index is 0.378. The zero-order chi connectivity index (χ0) is 12.1. The molecule has 0 spiro atoms.